The summed E-state index contributed by atoms with van der Waals surface area (Å²) in [4.78, 5) is 7.67. The van der Waals surface area contributed by atoms with Gasteiger partial charge in [-0.1, -0.05) is 12.1 Å². The molecule has 0 aliphatic heterocycles. The molecule has 0 saturated carbocycles. The van der Waals surface area contributed by atoms with Crippen molar-refractivity contribution in [2.45, 2.75) is 11.4 Å². The Morgan fingerprint density at radius 2 is 1.80 bits per heavy atom. The maximum absolute atomic E-state index is 12.8. The molecule has 0 aliphatic rings. The van der Waals surface area contributed by atoms with Gasteiger partial charge in [-0.2, -0.15) is 4.31 Å². The molecule has 0 spiro atoms. The standard InChI is InChI=1S/C17H19N3O4S/c1-20(11-17-18-13-6-4-5-7-14(13)19-17)25(21,22)12-8-9-15(23-2)16(10-12)24-3/h4-10H,11H2,1-3H3,(H,18,19). The first-order chi connectivity index (χ1) is 12.0. The molecule has 0 atom stereocenters. The number of nitrogens with zero attached hydrogens (tertiary/aromatic N) is 2. The molecule has 3 rings (SSSR count). The summed E-state index contributed by atoms with van der Waals surface area (Å²) < 4.78 is 37.2. The van der Waals surface area contributed by atoms with E-state index in [0.29, 0.717) is 17.3 Å². The van der Waals surface area contributed by atoms with Crippen LogP contribution in [0.1, 0.15) is 5.82 Å². The number of H-pyrrole nitrogens is 1. The second-order valence-corrected chi connectivity index (χ2v) is 7.52. The minimum Gasteiger partial charge on any atom is -0.493 e. The maximum atomic E-state index is 12.8. The number of fused-ring (bicyclic) bond motifs is 1. The summed E-state index contributed by atoms with van der Waals surface area (Å²) in [5.74, 6) is 1.41. The van der Waals surface area contributed by atoms with Gasteiger partial charge in [0, 0.05) is 13.1 Å². The zero-order valence-electron chi connectivity index (χ0n) is 14.2. The molecule has 2 aromatic carbocycles. The second kappa shape index (κ2) is 6.73. The van der Waals surface area contributed by atoms with Crippen molar-refractivity contribution in [2.24, 2.45) is 0 Å². The number of para-hydroxylation sites is 2. The van der Waals surface area contributed by atoms with E-state index < -0.39 is 10.0 Å². The molecule has 1 N–H and O–H groups in total. The number of rotatable bonds is 6. The van der Waals surface area contributed by atoms with E-state index in [1.165, 1.54) is 37.7 Å². The van der Waals surface area contributed by atoms with Crippen molar-refractivity contribution in [2.75, 3.05) is 21.3 Å². The SMILES string of the molecule is COc1ccc(S(=O)(=O)N(C)Cc2nc3ccccc3[nH]2)cc1OC. The average Bonchev–Trinajstić information content (AvgIpc) is 3.03. The molecule has 0 unspecified atom stereocenters. The van der Waals surface area contributed by atoms with Crippen LogP contribution in [0.25, 0.3) is 11.0 Å². The molecule has 0 fully saturated rings. The fourth-order valence-corrected chi connectivity index (χ4v) is 3.68. The van der Waals surface area contributed by atoms with E-state index >= 15 is 0 Å². The molecule has 0 aliphatic carbocycles. The minimum absolute atomic E-state index is 0.128. The van der Waals surface area contributed by atoms with Gasteiger partial charge in [0.15, 0.2) is 11.5 Å². The molecule has 0 saturated heterocycles. The Bertz CT molecular complexity index is 965. The maximum Gasteiger partial charge on any atom is 0.243 e. The van der Waals surface area contributed by atoms with Crippen LogP contribution < -0.4 is 9.47 Å². The summed E-state index contributed by atoms with van der Waals surface area (Å²) in [5.41, 5.74) is 1.67. The third-order valence-electron chi connectivity index (χ3n) is 3.87. The Kier molecular flexibility index (Phi) is 4.65. The fraction of sp³-hybridized carbons (Fsp3) is 0.235. The summed E-state index contributed by atoms with van der Waals surface area (Å²) in [6, 6.07) is 12.1. The van der Waals surface area contributed by atoms with Crippen LogP contribution in [-0.4, -0.2) is 44.0 Å². The Balaban J connectivity index is 1.88. The van der Waals surface area contributed by atoms with Crippen molar-refractivity contribution in [1.29, 1.82) is 0 Å². The van der Waals surface area contributed by atoms with Crippen LogP contribution in [0.2, 0.25) is 0 Å². The smallest absolute Gasteiger partial charge is 0.243 e. The van der Waals surface area contributed by atoms with E-state index in [4.69, 9.17) is 9.47 Å². The molecule has 1 aromatic heterocycles. The molecule has 132 valence electrons. The van der Waals surface area contributed by atoms with E-state index in [-0.39, 0.29) is 11.4 Å². The summed E-state index contributed by atoms with van der Waals surface area (Å²) in [6.45, 7) is 0.130. The largest absolute Gasteiger partial charge is 0.493 e. The van der Waals surface area contributed by atoms with Crippen LogP contribution >= 0.6 is 0 Å². The predicted octanol–water partition coefficient (Wildman–Crippen LogP) is 2.40. The highest BCUT2D eigenvalue weighted by molar-refractivity contribution is 7.89. The number of methoxy groups -OCH3 is 2. The first-order valence-electron chi connectivity index (χ1n) is 7.57. The van der Waals surface area contributed by atoms with E-state index in [1.54, 1.807) is 6.07 Å². The Morgan fingerprint density at radius 3 is 2.48 bits per heavy atom. The monoisotopic (exact) mass is 361 g/mol. The minimum atomic E-state index is -3.69. The number of ether oxygens (including phenoxy) is 2. The number of hydrogen-bond acceptors (Lipinski definition) is 5. The van der Waals surface area contributed by atoms with E-state index in [9.17, 15) is 8.42 Å². The quantitative estimate of drug-likeness (QED) is 0.729. The lowest BCUT2D eigenvalue weighted by Crippen LogP contribution is -2.27. The zero-order valence-corrected chi connectivity index (χ0v) is 15.0. The van der Waals surface area contributed by atoms with Crippen LogP contribution in [-0.2, 0) is 16.6 Å². The van der Waals surface area contributed by atoms with Crippen LogP contribution in [0.5, 0.6) is 11.5 Å². The topological polar surface area (TPSA) is 84.5 Å². The van der Waals surface area contributed by atoms with Gasteiger partial charge in [-0.15, -0.1) is 0 Å². The molecular weight excluding hydrogens is 342 g/mol. The van der Waals surface area contributed by atoms with Gasteiger partial charge in [-0.3, -0.25) is 0 Å². The highest BCUT2D eigenvalue weighted by atomic mass is 32.2. The Hall–Kier alpha value is -2.58. The van der Waals surface area contributed by atoms with Gasteiger partial charge in [0.2, 0.25) is 10.0 Å². The lowest BCUT2D eigenvalue weighted by atomic mass is 10.3. The molecule has 7 nitrogen and oxygen atoms in total. The van der Waals surface area contributed by atoms with Crippen molar-refractivity contribution in [3.05, 3.63) is 48.3 Å². The third-order valence-corrected chi connectivity index (χ3v) is 5.67. The highest BCUT2D eigenvalue weighted by Gasteiger charge is 2.23. The molecular formula is C17H19N3O4S. The van der Waals surface area contributed by atoms with Gasteiger partial charge in [0.1, 0.15) is 5.82 Å². The number of imidazole rings is 1. The predicted molar refractivity (Wildman–Crippen MR) is 94.3 cm³/mol. The normalized spacial score (nSPS) is 11.8. The number of nitrogens with one attached hydrogen (secondary N) is 1. The molecule has 0 radical (unpaired) electrons. The molecule has 0 amide bonds. The number of aromatic nitrogens is 2. The summed E-state index contributed by atoms with van der Waals surface area (Å²) in [7, 11) is 0.783. The van der Waals surface area contributed by atoms with Gasteiger partial charge >= 0.3 is 0 Å². The lowest BCUT2D eigenvalue weighted by molar-refractivity contribution is 0.353. The summed E-state index contributed by atoms with van der Waals surface area (Å²) >= 11 is 0. The van der Waals surface area contributed by atoms with E-state index in [2.05, 4.69) is 9.97 Å². The molecule has 25 heavy (non-hydrogen) atoms. The van der Waals surface area contributed by atoms with Crippen molar-refractivity contribution in [1.82, 2.24) is 14.3 Å². The number of sulfonamides is 1. The highest BCUT2D eigenvalue weighted by Crippen LogP contribution is 2.30. The van der Waals surface area contributed by atoms with Crippen LogP contribution in [0.15, 0.2) is 47.4 Å². The van der Waals surface area contributed by atoms with Crippen molar-refractivity contribution < 1.29 is 17.9 Å². The van der Waals surface area contributed by atoms with E-state index in [1.807, 2.05) is 24.3 Å². The number of aromatic amines is 1. The average molecular weight is 361 g/mol. The van der Waals surface area contributed by atoms with Crippen molar-refractivity contribution in [3.8, 4) is 11.5 Å². The fourth-order valence-electron chi connectivity index (χ4n) is 2.53. The van der Waals surface area contributed by atoms with Crippen LogP contribution in [0.3, 0.4) is 0 Å². The van der Waals surface area contributed by atoms with Gasteiger partial charge in [-0.25, -0.2) is 13.4 Å². The molecule has 1 heterocycles. The van der Waals surface area contributed by atoms with Crippen LogP contribution in [0.4, 0.5) is 0 Å². The first kappa shape index (κ1) is 17.2. The van der Waals surface area contributed by atoms with Crippen molar-refractivity contribution >= 4 is 21.1 Å². The molecule has 3 aromatic rings. The Morgan fingerprint density at radius 1 is 1.08 bits per heavy atom. The number of benzene rings is 2. The molecule has 8 heteroatoms. The summed E-state index contributed by atoms with van der Waals surface area (Å²) in [5, 5.41) is 0. The van der Waals surface area contributed by atoms with Gasteiger partial charge in [0.05, 0.1) is 36.7 Å². The van der Waals surface area contributed by atoms with Gasteiger partial charge in [0.25, 0.3) is 0 Å². The summed E-state index contributed by atoms with van der Waals surface area (Å²) in [6.07, 6.45) is 0. The molecule has 0 bridgehead atoms. The van der Waals surface area contributed by atoms with Gasteiger partial charge in [-0.05, 0) is 24.3 Å². The zero-order chi connectivity index (χ0) is 18.0. The van der Waals surface area contributed by atoms with E-state index in [0.717, 1.165) is 11.0 Å². The first-order valence-corrected chi connectivity index (χ1v) is 9.01. The third kappa shape index (κ3) is 3.31. The number of hydrogen-bond donors (Lipinski definition) is 1. The van der Waals surface area contributed by atoms with Crippen LogP contribution in [0, 0.1) is 0 Å². The lowest BCUT2D eigenvalue weighted by Gasteiger charge is -2.17. The van der Waals surface area contributed by atoms with Gasteiger partial charge < -0.3 is 14.5 Å². The Labute approximate surface area is 146 Å². The van der Waals surface area contributed by atoms with Crippen molar-refractivity contribution in [3.63, 3.8) is 0 Å². The second-order valence-electron chi connectivity index (χ2n) is 5.48.